The zero-order valence-electron chi connectivity index (χ0n) is 9.64. The number of benzene rings is 1. The quantitative estimate of drug-likeness (QED) is 0.627. The number of hydrogen-bond acceptors (Lipinski definition) is 3. The van der Waals surface area contributed by atoms with E-state index in [1.807, 2.05) is 18.2 Å². The van der Waals surface area contributed by atoms with Crippen LogP contribution < -0.4 is 0 Å². The molecule has 1 saturated carbocycles. The van der Waals surface area contributed by atoms with Crippen molar-refractivity contribution in [2.45, 2.75) is 18.8 Å². The molecule has 0 bridgehead atoms. The van der Waals surface area contributed by atoms with E-state index in [1.165, 1.54) is 6.07 Å². The molecule has 0 amide bonds. The summed E-state index contributed by atoms with van der Waals surface area (Å²) in [5, 5.41) is 0.339. The smallest absolute Gasteiger partial charge is 0.211 e. The molecule has 0 N–H and O–H groups in total. The molecule has 0 atom stereocenters. The van der Waals surface area contributed by atoms with Crippen LogP contribution in [0.4, 0.5) is 0 Å². The SMILES string of the molecule is O=C(c1ccccc1)c1cc(Cl)nc(C2CC2)n1. The Morgan fingerprint density at radius 2 is 1.89 bits per heavy atom. The van der Waals surface area contributed by atoms with Gasteiger partial charge in [0.25, 0.3) is 0 Å². The number of nitrogens with zero attached hydrogens (tertiary/aromatic N) is 2. The van der Waals surface area contributed by atoms with E-state index in [4.69, 9.17) is 11.6 Å². The molecular weight excluding hydrogens is 248 g/mol. The van der Waals surface area contributed by atoms with Gasteiger partial charge in [0.2, 0.25) is 5.78 Å². The van der Waals surface area contributed by atoms with E-state index in [0.717, 1.165) is 12.8 Å². The number of hydrogen-bond donors (Lipinski definition) is 0. The summed E-state index contributed by atoms with van der Waals surface area (Å²) >= 11 is 5.95. The molecule has 0 unspecified atom stereocenters. The van der Waals surface area contributed by atoms with E-state index >= 15 is 0 Å². The fourth-order valence-corrected chi connectivity index (χ4v) is 2.00. The highest BCUT2D eigenvalue weighted by Crippen LogP contribution is 2.38. The summed E-state index contributed by atoms with van der Waals surface area (Å²) in [5.41, 5.74) is 0.997. The second-order valence-corrected chi connectivity index (χ2v) is 4.79. The van der Waals surface area contributed by atoms with Crippen LogP contribution in [-0.2, 0) is 0 Å². The second-order valence-electron chi connectivity index (χ2n) is 4.40. The molecule has 1 aromatic heterocycles. The average Bonchev–Trinajstić information content (AvgIpc) is 3.22. The molecule has 1 aromatic carbocycles. The average molecular weight is 259 g/mol. The van der Waals surface area contributed by atoms with E-state index in [2.05, 4.69) is 9.97 Å². The zero-order chi connectivity index (χ0) is 12.5. The van der Waals surface area contributed by atoms with Crippen molar-refractivity contribution in [3.63, 3.8) is 0 Å². The third-order valence-electron chi connectivity index (χ3n) is 2.92. The first-order chi connectivity index (χ1) is 8.74. The predicted octanol–water partition coefficient (Wildman–Crippen LogP) is 3.24. The van der Waals surface area contributed by atoms with Crippen molar-refractivity contribution in [1.82, 2.24) is 9.97 Å². The van der Waals surface area contributed by atoms with Crippen LogP contribution in [0.3, 0.4) is 0 Å². The monoisotopic (exact) mass is 258 g/mol. The summed E-state index contributed by atoms with van der Waals surface area (Å²) in [6.45, 7) is 0. The molecule has 1 heterocycles. The summed E-state index contributed by atoms with van der Waals surface area (Å²) in [6, 6.07) is 10.6. The fraction of sp³-hybridized carbons (Fsp3) is 0.214. The van der Waals surface area contributed by atoms with Crippen LogP contribution in [0, 0.1) is 0 Å². The number of carbonyl (C=O) groups excluding carboxylic acids is 1. The summed E-state index contributed by atoms with van der Waals surface area (Å²) in [4.78, 5) is 20.7. The number of rotatable bonds is 3. The minimum absolute atomic E-state index is 0.109. The van der Waals surface area contributed by atoms with Crippen molar-refractivity contribution < 1.29 is 4.79 Å². The van der Waals surface area contributed by atoms with Crippen molar-refractivity contribution >= 4 is 17.4 Å². The van der Waals surface area contributed by atoms with Gasteiger partial charge in [-0.15, -0.1) is 0 Å². The van der Waals surface area contributed by atoms with Crippen LogP contribution in [0.2, 0.25) is 5.15 Å². The highest BCUT2D eigenvalue weighted by Gasteiger charge is 2.28. The van der Waals surface area contributed by atoms with Crippen LogP contribution in [0.15, 0.2) is 36.4 Å². The van der Waals surface area contributed by atoms with Crippen LogP contribution in [-0.4, -0.2) is 15.8 Å². The standard InChI is InChI=1S/C14H11ClN2O/c15-12-8-11(16-14(17-12)10-6-7-10)13(18)9-4-2-1-3-5-9/h1-5,8,10H,6-7H2. The van der Waals surface area contributed by atoms with Gasteiger partial charge in [0.1, 0.15) is 16.7 Å². The van der Waals surface area contributed by atoms with Crippen LogP contribution in [0.25, 0.3) is 0 Å². The number of halogens is 1. The molecule has 0 spiro atoms. The van der Waals surface area contributed by atoms with E-state index in [0.29, 0.717) is 28.2 Å². The Morgan fingerprint density at radius 1 is 1.17 bits per heavy atom. The molecular formula is C14H11ClN2O. The van der Waals surface area contributed by atoms with Crippen molar-refractivity contribution in [2.75, 3.05) is 0 Å². The van der Waals surface area contributed by atoms with E-state index in [9.17, 15) is 4.79 Å². The molecule has 1 aliphatic rings. The third-order valence-corrected chi connectivity index (χ3v) is 3.12. The molecule has 0 saturated heterocycles. The summed E-state index contributed by atoms with van der Waals surface area (Å²) in [7, 11) is 0. The second kappa shape index (κ2) is 4.50. The molecule has 3 rings (SSSR count). The van der Waals surface area contributed by atoms with Gasteiger partial charge < -0.3 is 0 Å². The minimum Gasteiger partial charge on any atom is -0.287 e. The number of ketones is 1. The first-order valence-electron chi connectivity index (χ1n) is 5.88. The summed E-state index contributed by atoms with van der Waals surface area (Å²) in [6.07, 6.45) is 2.17. The molecule has 0 radical (unpaired) electrons. The maximum Gasteiger partial charge on any atom is 0.211 e. The molecule has 1 aliphatic carbocycles. The molecule has 3 nitrogen and oxygen atoms in total. The minimum atomic E-state index is -0.109. The molecule has 0 aliphatic heterocycles. The lowest BCUT2D eigenvalue weighted by atomic mass is 10.1. The molecule has 90 valence electrons. The lowest BCUT2D eigenvalue weighted by molar-refractivity contribution is 0.103. The largest absolute Gasteiger partial charge is 0.287 e. The Morgan fingerprint density at radius 3 is 2.56 bits per heavy atom. The number of aromatic nitrogens is 2. The highest BCUT2D eigenvalue weighted by atomic mass is 35.5. The maximum atomic E-state index is 12.2. The van der Waals surface area contributed by atoms with E-state index < -0.39 is 0 Å². The van der Waals surface area contributed by atoms with Gasteiger partial charge in [-0.25, -0.2) is 9.97 Å². The Hall–Kier alpha value is -1.74. The van der Waals surface area contributed by atoms with E-state index in [1.54, 1.807) is 12.1 Å². The molecule has 1 fully saturated rings. The summed E-state index contributed by atoms with van der Waals surface area (Å²) < 4.78 is 0. The third kappa shape index (κ3) is 2.27. The normalized spacial score (nSPS) is 14.5. The van der Waals surface area contributed by atoms with Gasteiger partial charge in [0.15, 0.2) is 0 Å². The van der Waals surface area contributed by atoms with Crippen molar-refractivity contribution in [1.29, 1.82) is 0 Å². The molecule has 4 heteroatoms. The molecule has 18 heavy (non-hydrogen) atoms. The Balaban J connectivity index is 1.98. The van der Waals surface area contributed by atoms with Gasteiger partial charge in [0.05, 0.1) is 0 Å². The van der Waals surface area contributed by atoms with Crippen LogP contribution in [0.5, 0.6) is 0 Å². The highest BCUT2D eigenvalue weighted by molar-refractivity contribution is 6.29. The van der Waals surface area contributed by atoms with Crippen molar-refractivity contribution in [3.05, 3.63) is 58.6 Å². The zero-order valence-corrected chi connectivity index (χ0v) is 10.4. The topological polar surface area (TPSA) is 42.9 Å². The van der Waals surface area contributed by atoms with Gasteiger partial charge in [-0.05, 0) is 12.8 Å². The van der Waals surface area contributed by atoms with Crippen LogP contribution in [0.1, 0.15) is 40.6 Å². The number of carbonyl (C=O) groups is 1. The van der Waals surface area contributed by atoms with Gasteiger partial charge >= 0.3 is 0 Å². The Kier molecular flexibility index (Phi) is 2.84. The van der Waals surface area contributed by atoms with Gasteiger partial charge in [-0.3, -0.25) is 4.79 Å². The van der Waals surface area contributed by atoms with Gasteiger partial charge in [-0.2, -0.15) is 0 Å². The Labute approximate surface area is 110 Å². The lowest BCUT2D eigenvalue weighted by Crippen LogP contribution is -2.07. The summed E-state index contributed by atoms with van der Waals surface area (Å²) in [5.74, 6) is 0.967. The van der Waals surface area contributed by atoms with Gasteiger partial charge in [-0.1, -0.05) is 41.9 Å². The van der Waals surface area contributed by atoms with E-state index in [-0.39, 0.29) is 5.78 Å². The van der Waals surface area contributed by atoms with Crippen LogP contribution >= 0.6 is 11.6 Å². The maximum absolute atomic E-state index is 12.2. The van der Waals surface area contributed by atoms with Gasteiger partial charge in [0, 0.05) is 17.5 Å². The Bertz CT molecular complexity index is 594. The molecule has 2 aromatic rings. The lowest BCUT2D eigenvalue weighted by Gasteiger charge is -2.03. The van der Waals surface area contributed by atoms with Crippen molar-refractivity contribution in [2.24, 2.45) is 0 Å². The first kappa shape index (κ1) is 11.4. The fourth-order valence-electron chi connectivity index (χ4n) is 1.81. The predicted molar refractivity (Wildman–Crippen MR) is 68.9 cm³/mol. The van der Waals surface area contributed by atoms with Crippen molar-refractivity contribution in [3.8, 4) is 0 Å². The first-order valence-corrected chi connectivity index (χ1v) is 6.26.